The van der Waals surface area contributed by atoms with Crippen molar-refractivity contribution < 1.29 is 18.0 Å². The van der Waals surface area contributed by atoms with Gasteiger partial charge in [0.25, 0.3) is 5.91 Å². The number of benzene rings is 1. The predicted octanol–water partition coefficient (Wildman–Crippen LogP) is 4.77. The molecule has 1 amide bonds. The highest BCUT2D eigenvalue weighted by Crippen LogP contribution is 2.35. The van der Waals surface area contributed by atoms with E-state index in [2.05, 4.69) is 20.7 Å². The fraction of sp³-hybridized carbons (Fsp3) is 0.348. The monoisotopic (exact) mass is 477 g/mol. The minimum Gasteiger partial charge on any atom is -0.344 e. The molecule has 0 aliphatic carbocycles. The minimum absolute atomic E-state index is 0.0745. The summed E-state index contributed by atoms with van der Waals surface area (Å²) in [5, 5.41) is 9.85. The maximum Gasteiger partial charge on any atom is 0.434 e. The van der Waals surface area contributed by atoms with Crippen LogP contribution in [0.25, 0.3) is 11.1 Å². The highest BCUT2D eigenvalue weighted by Gasteiger charge is 2.37. The summed E-state index contributed by atoms with van der Waals surface area (Å²) in [5.41, 5.74) is 1.15. The molecular weight excluding hydrogens is 455 g/mol. The van der Waals surface area contributed by atoms with Gasteiger partial charge in [-0.1, -0.05) is 36.2 Å². The van der Waals surface area contributed by atoms with Gasteiger partial charge in [-0.25, -0.2) is 0 Å². The maximum atomic E-state index is 13.2. The van der Waals surface area contributed by atoms with E-state index in [1.54, 1.807) is 10.9 Å². The molecule has 3 heterocycles. The molecule has 4 rings (SSSR count). The van der Waals surface area contributed by atoms with Crippen molar-refractivity contribution in [2.75, 3.05) is 6.54 Å². The van der Waals surface area contributed by atoms with Crippen LogP contribution in [0.15, 0.2) is 48.9 Å². The molecule has 0 saturated carbocycles. The molecule has 1 aliphatic rings. The third kappa shape index (κ3) is 5.20. The first-order chi connectivity index (χ1) is 15.7. The van der Waals surface area contributed by atoms with Crippen LogP contribution in [-0.4, -0.2) is 33.3 Å². The Morgan fingerprint density at radius 2 is 2.09 bits per heavy atom. The quantitative estimate of drug-likeness (QED) is 0.555. The predicted molar refractivity (Wildman–Crippen MR) is 119 cm³/mol. The lowest BCUT2D eigenvalue weighted by Gasteiger charge is -2.32. The second-order valence-electron chi connectivity index (χ2n) is 8.05. The Bertz CT molecular complexity index is 1140. The van der Waals surface area contributed by atoms with Gasteiger partial charge in [-0.15, -0.1) is 0 Å². The third-order valence-corrected chi connectivity index (χ3v) is 6.11. The van der Waals surface area contributed by atoms with E-state index in [0.29, 0.717) is 0 Å². The van der Waals surface area contributed by atoms with Crippen LogP contribution in [0.5, 0.6) is 0 Å². The summed E-state index contributed by atoms with van der Waals surface area (Å²) in [5.74, 6) is -0.683. The molecule has 0 bridgehead atoms. The lowest BCUT2D eigenvalue weighted by Crippen LogP contribution is -2.46. The lowest BCUT2D eigenvalue weighted by molar-refractivity contribution is -0.141. The van der Waals surface area contributed by atoms with Gasteiger partial charge in [0.1, 0.15) is 0 Å². The van der Waals surface area contributed by atoms with Crippen LogP contribution in [-0.2, 0) is 13.2 Å². The summed E-state index contributed by atoms with van der Waals surface area (Å²) in [6, 6.07) is 8.36. The molecule has 1 aromatic carbocycles. The SMILES string of the molecule is Cn1cc(-c2cccc([C@H](NC(=O)c3ccnc(C(F)(F)F)c3Cl)[C@@H]3CCCCN3)c2)cn1. The van der Waals surface area contributed by atoms with Crippen LogP contribution in [0.4, 0.5) is 13.2 Å². The second-order valence-corrected chi connectivity index (χ2v) is 8.43. The van der Waals surface area contributed by atoms with Gasteiger partial charge < -0.3 is 10.6 Å². The molecule has 0 unspecified atom stereocenters. The zero-order chi connectivity index (χ0) is 23.6. The zero-order valence-corrected chi connectivity index (χ0v) is 18.6. The first kappa shape index (κ1) is 23.3. The van der Waals surface area contributed by atoms with Crippen LogP contribution in [0.1, 0.15) is 46.9 Å². The summed E-state index contributed by atoms with van der Waals surface area (Å²) >= 11 is 5.94. The van der Waals surface area contributed by atoms with Gasteiger partial charge in [0.05, 0.1) is 22.8 Å². The molecule has 1 fully saturated rings. The largest absolute Gasteiger partial charge is 0.434 e. The number of piperidine rings is 1. The zero-order valence-electron chi connectivity index (χ0n) is 17.9. The van der Waals surface area contributed by atoms with Crippen LogP contribution in [0.2, 0.25) is 5.02 Å². The minimum atomic E-state index is -4.75. The van der Waals surface area contributed by atoms with Crippen LogP contribution in [0, 0.1) is 0 Å². The van der Waals surface area contributed by atoms with Gasteiger partial charge >= 0.3 is 6.18 Å². The lowest BCUT2D eigenvalue weighted by atomic mass is 9.91. The summed E-state index contributed by atoms with van der Waals surface area (Å²) in [4.78, 5) is 16.4. The van der Waals surface area contributed by atoms with E-state index in [-0.39, 0.29) is 11.6 Å². The molecule has 2 atom stereocenters. The Hall–Kier alpha value is -2.91. The molecule has 10 heteroatoms. The molecular formula is C23H23ClF3N5O. The van der Waals surface area contributed by atoms with Gasteiger partial charge in [-0.3, -0.25) is 14.5 Å². The Balaban J connectivity index is 1.67. The number of hydrogen-bond acceptors (Lipinski definition) is 4. The number of hydrogen-bond donors (Lipinski definition) is 2. The van der Waals surface area contributed by atoms with Gasteiger partial charge in [-0.05, 0) is 42.6 Å². The maximum absolute atomic E-state index is 13.2. The molecule has 0 spiro atoms. The summed E-state index contributed by atoms with van der Waals surface area (Å²) in [7, 11) is 1.83. The molecule has 0 radical (unpaired) electrons. The van der Waals surface area contributed by atoms with Crippen molar-refractivity contribution in [3.63, 3.8) is 0 Å². The fourth-order valence-electron chi connectivity index (χ4n) is 4.10. The van der Waals surface area contributed by atoms with Crippen molar-refractivity contribution in [2.45, 2.75) is 37.5 Å². The van der Waals surface area contributed by atoms with Crippen molar-refractivity contribution in [2.24, 2.45) is 7.05 Å². The third-order valence-electron chi connectivity index (χ3n) is 5.72. The number of carbonyl (C=O) groups excluding carboxylic acids is 1. The molecule has 33 heavy (non-hydrogen) atoms. The molecule has 2 aromatic heterocycles. The second kappa shape index (κ2) is 9.52. The number of halogens is 4. The molecule has 1 aliphatic heterocycles. The number of aryl methyl sites for hydroxylation is 1. The van der Waals surface area contributed by atoms with E-state index in [1.807, 2.05) is 37.5 Å². The number of carbonyl (C=O) groups is 1. The highest BCUT2D eigenvalue weighted by atomic mass is 35.5. The Morgan fingerprint density at radius 3 is 2.76 bits per heavy atom. The van der Waals surface area contributed by atoms with Gasteiger partial charge in [0, 0.05) is 31.0 Å². The van der Waals surface area contributed by atoms with Crippen molar-refractivity contribution in [1.82, 2.24) is 25.4 Å². The smallest absolute Gasteiger partial charge is 0.344 e. The topological polar surface area (TPSA) is 71.8 Å². The van der Waals surface area contributed by atoms with E-state index in [0.717, 1.165) is 48.7 Å². The van der Waals surface area contributed by atoms with E-state index in [4.69, 9.17) is 11.6 Å². The Labute approximate surface area is 194 Å². The van der Waals surface area contributed by atoms with Crippen LogP contribution in [0.3, 0.4) is 0 Å². The Morgan fingerprint density at radius 1 is 1.27 bits per heavy atom. The highest BCUT2D eigenvalue weighted by molar-refractivity contribution is 6.34. The molecule has 174 valence electrons. The summed E-state index contributed by atoms with van der Waals surface area (Å²) in [6.45, 7) is 0.799. The molecule has 3 aromatic rings. The number of nitrogens with one attached hydrogen (secondary N) is 2. The number of aromatic nitrogens is 3. The first-order valence-corrected chi connectivity index (χ1v) is 11.0. The van der Waals surface area contributed by atoms with Crippen molar-refractivity contribution in [3.05, 3.63) is 70.8 Å². The van der Waals surface area contributed by atoms with Crippen LogP contribution < -0.4 is 10.6 Å². The number of amides is 1. The number of nitrogens with zero attached hydrogens (tertiary/aromatic N) is 3. The van der Waals surface area contributed by atoms with Crippen molar-refractivity contribution >= 4 is 17.5 Å². The molecule has 6 nitrogen and oxygen atoms in total. The van der Waals surface area contributed by atoms with Crippen LogP contribution >= 0.6 is 11.6 Å². The fourth-order valence-corrected chi connectivity index (χ4v) is 4.40. The van der Waals surface area contributed by atoms with E-state index in [9.17, 15) is 18.0 Å². The van der Waals surface area contributed by atoms with E-state index in [1.165, 1.54) is 6.07 Å². The van der Waals surface area contributed by atoms with Gasteiger partial charge in [-0.2, -0.15) is 18.3 Å². The van der Waals surface area contributed by atoms with Crippen molar-refractivity contribution in [3.8, 4) is 11.1 Å². The van der Waals surface area contributed by atoms with E-state index >= 15 is 0 Å². The average Bonchev–Trinajstić information content (AvgIpc) is 3.23. The normalized spacial score (nSPS) is 17.5. The summed E-state index contributed by atoms with van der Waals surface area (Å²) in [6.07, 6.45) is 2.66. The average molecular weight is 478 g/mol. The Kier molecular flexibility index (Phi) is 6.71. The number of rotatable bonds is 5. The van der Waals surface area contributed by atoms with Crippen molar-refractivity contribution in [1.29, 1.82) is 0 Å². The van der Waals surface area contributed by atoms with Gasteiger partial charge in [0.15, 0.2) is 5.69 Å². The summed E-state index contributed by atoms with van der Waals surface area (Å²) < 4.78 is 41.4. The molecule has 2 N–H and O–H groups in total. The van der Waals surface area contributed by atoms with E-state index < -0.39 is 28.8 Å². The standard InChI is InChI=1S/C23H23ClF3N5O/c1-32-13-16(12-30-32)14-5-4-6-15(11-14)20(18-7-2-3-9-28-18)31-22(33)17-8-10-29-21(19(17)24)23(25,26)27/h4-6,8,10-13,18,20,28H,2-3,7,9H2,1H3,(H,31,33)/t18-,20-/m0/s1. The molecule has 1 saturated heterocycles. The van der Waals surface area contributed by atoms with Gasteiger partial charge in [0.2, 0.25) is 0 Å². The first-order valence-electron chi connectivity index (χ1n) is 10.6. The number of alkyl halides is 3. The number of pyridine rings is 1.